The standard InChI is InChI=1S/C12H16N2O2/c1-3-4-8-13(2)10-11-6-5-7-12(9-11)14(15)16/h3,5-7,9H,1,4,8,10H2,2H3. The van der Waals surface area contributed by atoms with Crippen molar-refractivity contribution >= 4 is 5.69 Å². The zero-order chi connectivity index (χ0) is 12.0. The van der Waals surface area contributed by atoms with Gasteiger partial charge in [-0.2, -0.15) is 0 Å². The van der Waals surface area contributed by atoms with Crippen molar-refractivity contribution in [1.82, 2.24) is 4.90 Å². The number of hydrogen-bond donors (Lipinski definition) is 0. The number of non-ortho nitro benzene ring substituents is 1. The Hall–Kier alpha value is -1.68. The lowest BCUT2D eigenvalue weighted by Crippen LogP contribution is -2.18. The van der Waals surface area contributed by atoms with Crippen LogP contribution in [0.4, 0.5) is 5.69 Å². The average molecular weight is 220 g/mol. The molecule has 0 saturated heterocycles. The third-order valence-corrected chi connectivity index (χ3v) is 2.29. The van der Waals surface area contributed by atoms with Crippen molar-refractivity contribution in [3.8, 4) is 0 Å². The molecule has 0 amide bonds. The molecule has 1 aromatic carbocycles. The van der Waals surface area contributed by atoms with Crippen molar-refractivity contribution < 1.29 is 4.92 Å². The molecule has 0 aliphatic carbocycles. The molecular formula is C12H16N2O2. The topological polar surface area (TPSA) is 46.4 Å². The Morgan fingerprint density at radius 2 is 2.31 bits per heavy atom. The number of rotatable bonds is 6. The summed E-state index contributed by atoms with van der Waals surface area (Å²) in [5.74, 6) is 0. The number of nitro benzene ring substituents is 1. The molecule has 0 fully saturated rings. The second kappa shape index (κ2) is 6.02. The Morgan fingerprint density at radius 1 is 1.56 bits per heavy atom. The fourth-order valence-corrected chi connectivity index (χ4v) is 1.47. The molecule has 0 N–H and O–H groups in total. The highest BCUT2D eigenvalue weighted by Gasteiger charge is 2.06. The number of nitrogens with zero attached hydrogens (tertiary/aromatic N) is 2. The van der Waals surface area contributed by atoms with Crippen LogP contribution < -0.4 is 0 Å². The van der Waals surface area contributed by atoms with E-state index in [0.717, 1.165) is 25.1 Å². The Kier molecular flexibility index (Phi) is 4.66. The van der Waals surface area contributed by atoms with E-state index in [1.807, 2.05) is 19.2 Å². The van der Waals surface area contributed by atoms with Crippen molar-refractivity contribution in [2.45, 2.75) is 13.0 Å². The van der Waals surface area contributed by atoms with Crippen molar-refractivity contribution in [1.29, 1.82) is 0 Å². The zero-order valence-electron chi connectivity index (χ0n) is 9.43. The summed E-state index contributed by atoms with van der Waals surface area (Å²) < 4.78 is 0. The van der Waals surface area contributed by atoms with Crippen LogP contribution in [0, 0.1) is 10.1 Å². The van der Waals surface area contributed by atoms with E-state index in [1.165, 1.54) is 6.07 Å². The Morgan fingerprint density at radius 3 is 2.94 bits per heavy atom. The van der Waals surface area contributed by atoms with Crippen LogP contribution in [0.15, 0.2) is 36.9 Å². The highest BCUT2D eigenvalue weighted by Crippen LogP contribution is 2.14. The first-order chi connectivity index (χ1) is 7.63. The van der Waals surface area contributed by atoms with Crippen LogP contribution in [0.25, 0.3) is 0 Å². The molecule has 1 rings (SSSR count). The molecule has 0 unspecified atom stereocenters. The molecule has 0 aliphatic rings. The molecule has 0 spiro atoms. The third-order valence-electron chi connectivity index (χ3n) is 2.29. The smallest absolute Gasteiger partial charge is 0.269 e. The van der Waals surface area contributed by atoms with E-state index in [4.69, 9.17) is 0 Å². The summed E-state index contributed by atoms with van der Waals surface area (Å²) in [4.78, 5) is 12.3. The monoisotopic (exact) mass is 220 g/mol. The van der Waals surface area contributed by atoms with Crippen LogP contribution in [-0.2, 0) is 6.54 Å². The van der Waals surface area contributed by atoms with Gasteiger partial charge in [-0.1, -0.05) is 18.2 Å². The molecule has 16 heavy (non-hydrogen) atoms. The molecule has 0 aliphatic heterocycles. The number of benzene rings is 1. The normalized spacial score (nSPS) is 10.4. The minimum atomic E-state index is -0.368. The summed E-state index contributed by atoms with van der Waals surface area (Å²) in [6.07, 6.45) is 2.79. The van der Waals surface area contributed by atoms with Gasteiger partial charge in [-0.05, 0) is 19.0 Å². The summed E-state index contributed by atoms with van der Waals surface area (Å²) in [6.45, 7) is 5.29. The average Bonchev–Trinajstić information content (AvgIpc) is 2.26. The van der Waals surface area contributed by atoms with E-state index >= 15 is 0 Å². The van der Waals surface area contributed by atoms with Crippen LogP contribution in [-0.4, -0.2) is 23.4 Å². The van der Waals surface area contributed by atoms with Crippen LogP contribution >= 0.6 is 0 Å². The van der Waals surface area contributed by atoms with Gasteiger partial charge in [-0.25, -0.2) is 0 Å². The minimum absolute atomic E-state index is 0.148. The minimum Gasteiger partial charge on any atom is -0.302 e. The van der Waals surface area contributed by atoms with Crippen molar-refractivity contribution in [2.75, 3.05) is 13.6 Å². The first kappa shape index (κ1) is 12.4. The second-order valence-corrected chi connectivity index (χ2v) is 3.74. The van der Waals surface area contributed by atoms with Gasteiger partial charge in [0.15, 0.2) is 0 Å². The summed E-state index contributed by atoms with van der Waals surface area (Å²) in [6, 6.07) is 6.74. The van der Waals surface area contributed by atoms with Gasteiger partial charge in [0.1, 0.15) is 0 Å². The summed E-state index contributed by atoms with van der Waals surface area (Å²) >= 11 is 0. The quantitative estimate of drug-likeness (QED) is 0.420. The predicted molar refractivity (Wildman–Crippen MR) is 64.2 cm³/mol. The van der Waals surface area contributed by atoms with Crippen LogP contribution in [0.2, 0.25) is 0 Å². The first-order valence-electron chi connectivity index (χ1n) is 5.16. The van der Waals surface area contributed by atoms with E-state index in [1.54, 1.807) is 12.1 Å². The Bertz CT molecular complexity index is 377. The maximum atomic E-state index is 10.6. The molecule has 0 bridgehead atoms. The Labute approximate surface area is 95.3 Å². The molecular weight excluding hydrogens is 204 g/mol. The highest BCUT2D eigenvalue weighted by atomic mass is 16.6. The molecule has 86 valence electrons. The lowest BCUT2D eigenvalue weighted by molar-refractivity contribution is -0.384. The van der Waals surface area contributed by atoms with Gasteiger partial charge in [0.2, 0.25) is 0 Å². The van der Waals surface area contributed by atoms with E-state index in [0.29, 0.717) is 0 Å². The van der Waals surface area contributed by atoms with E-state index < -0.39 is 0 Å². The zero-order valence-corrected chi connectivity index (χ0v) is 9.43. The molecule has 0 radical (unpaired) electrons. The largest absolute Gasteiger partial charge is 0.302 e. The van der Waals surface area contributed by atoms with Gasteiger partial charge >= 0.3 is 0 Å². The van der Waals surface area contributed by atoms with Crippen molar-refractivity contribution in [2.24, 2.45) is 0 Å². The van der Waals surface area contributed by atoms with E-state index in [2.05, 4.69) is 11.5 Å². The second-order valence-electron chi connectivity index (χ2n) is 3.74. The fraction of sp³-hybridized carbons (Fsp3) is 0.333. The first-order valence-corrected chi connectivity index (χ1v) is 5.16. The lowest BCUT2D eigenvalue weighted by atomic mass is 10.2. The fourth-order valence-electron chi connectivity index (χ4n) is 1.47. The van der Waals surface area contributed by atoms with Gasteiger partial charge in [0, 0.05) is 25.2 Å². The van der Waals surface area contributed by atoms with Crippen molar-refractivity contribution in [3.05, 3.63) is 52.6 Å². The molecule has 1 aromatic rings. The molecule has 0 heterocycles. The summed E-state index contributed by atoms with van der Waals surface area (Å²) in [7, 11) is 1.99. The van der Waals surface area contributed by atoms with Gasteiger partial charge in [0.25, 0.3) is 5.69 Å². The molecule has 4 nitrogen and oxygen atoms in total. The molecule has 4 heteroatoms. The summed E-state index contributed by atoms with van der Waals surface area (Å²) in [5, 5.41) is 10.6. The van der Waals surface area contributed by atoms with Crippen LogP contribution in [0.1, 0.15) is 12.0 Å². The van der Waals surface area contributed by atoms with Crippen molar-refractivity contribution in [3.63, 3.8) is 0 Å². The summed E-state index contributed by atoms with van der Waals surface area (Å²) in [5.41, 5.74) is 1.11. The van der Waals surface area contributed by atoms with Gasteiger partial charge in [0.05, 0.1) is 4.92 Å². The SMILES string of the molecule is C=CCCN(C)Cc1cccc([N+](=O)[O-])c1. The lowest BCUT2D eigenvalue weighted by Gasteiger charge is -2.15. The number of nitro groups is 1. The van der Waals surface area contributed by atoms with E-state index in [-0.39, 0.29) is 10.6 Å². The predicted octanol–water partition coefficient (Wildman–Crippen LogP) is 2.60. The van der Waals surface area contributed by atoms with Crippen LogP contribution in [0.5, 0.6) is 0 Å². The number of hydrogen-bond acceptors (Lipinski definition) is 3. The van der Waals surface area contributed by atoms with Gasteiger partial charge in [-0.15, -0.1) is 6.58 Å². The highest BCUT2D eigenvalue weighted by molar-refractivity contribution is 5.34. The van der Waals surface area contributed by atoms with E-state index in [9.17, 15) is 10.1 Å². The van der Waals surface area contributed by atoms with Crippen LogP contribution in [0.3, 0.4) is 0 Å². The molecule has 0 atom stereocenters. The maximum absolute atomic E-state index is 10.6. The molecule has 0 saturated carbocycles. The van der Waals surface area contributed by atoms with Gasteiger partial charge in [-0.3, -0.25) is 10.1 Å². The third kappa shape index (κ3) is 3.82. The van der Waals surface area contributed by atoms with Gasteiger partial charge < -0.3 is 4.90 Å². The molecule has 0 aromatic heterocycles. The Balaban J connectivity index is 2.62. The maximum Gasteiger partial charge on any atom is 0.269 e.